The summed E-state index contributed by atoms with van der Waals surface area (Å²) in [5.74, 6) is 0. The summed E-state index contributed by atoms with van der Waals surface area (Å²) in [6.07, 6.45) is 0.0156. The van der Waals surface area contributed by atoms with Crippen molar-refractivity contribution in [2.24, 2.45) is 0 Å². The number of benzene rings is 2. The first-order valence-corrected chi connectivity index (χ1v) is 6.25. The molecule has 0 spiro atoms. The van der Waals surface area contributed by atoms with Crippen molar-refractivity contribution in [3.8, 4) is 0 Å². The Labute approximate surface area is 112 Å². The van der Waals surface area contributed by atoms with Gasteiger partial charge in [-0.05, 0) is 36.2 Å². The minimum absolute atomic E-state index is 0.0156. The summed E-state index contributed by atoms with van der Waals surface area (Å²) in [5.41, 5.74) is 8.52. The molecule has 0 aliphatic rings. The van der Waals surface area contributed by atoms with E-state index < -0.39 is 0 Å². The number of ether oxygens (including phenoxy) is 1. The maximum atomic E-state index is 6.08. The zero-order valence-electron chi connectivity index (χ0n) is 10.3. The molecule has 2 aromatic carbocycles. The summed E-state index contributed by atoms with van der Waals surface area (Å²) in [6.45, 7) is 2.52. The fourth-order valence-electron chi connectivity index (χ4n) is 1.69. The second-order valence-corrected chi connectivity index (χ2v) is 4.62. The van der Waals surface area contributed by atoms with Gasteiger partial charge in [-0.3, -0.25) is 0 Å². The van der Waals surface area contributed by atoms with Crippen LogP contribution in [0.1, 0.15) is 24.2 Å². The predicted molar refractivity (Wildman–Crippen MR) is 75.5 cm³/mol. The minimum atomic E-state index is 0.0156. The van der Waals surface area contributed by atoms with Gasteiger partial charge in [-0.15, -0.1) is 0 Å². The molecule has 0 heterocycles. The molecule has 1 atom stereocenters. The Balaban J connectivity index is 1.98. The lowest BCUT2D eigenvalue weighted by Crippen LogP contribution is -2.01. The fourth-order valence-corrected chi connectivity index (χ4v) is 1.88. The highest BCUT2D eigenvalue weighted by Crippen LogP contribution is 2.22. The van der Waals surface area contributed by atoms with Gasteiger partial charge >= 0.3 is 0 Å². The number of hydrogen-bond donors (Lipinski definition) is 1. The standard InChI is InChI=1S/C15H16ClNO/c1-11(12-6-8-14(17)9-7-12)18-10-13-4-2-3-5-15(13)16/h2-9,11H,10,17H2,1H3. The second-order valence-electron chi connectivity index (χ2n) is 4.21. The number of nitrogens with two attached hydrogens (primary N) is 1. The molecule has 2 N–H and O–H groups in total. The van der Waals surface area contributed by atoms with Crippen LogP contribution in [0.3, 0.4) is 0 Å². The fraction of sp³-hybridized carbons (Fsp3) is 0.200. The molecule has 94 valence electrons. The van der Waals surface area contributed by atoms with Crippen molar-refractivity contribution in [1.29, 1.82) is 0 Å². The van der Waals surface area contributed by atoms with Crippen molar-refractivity contribution >= 4 is 17.3 Å². The molecule has 2 rings (SSSR count). The van der Waals surface area contributed by atoms with Crippen molar-refractivity contribution in [3.05, 3.63) is 64.7 Å². The maximum absolute atomic E-state index is 6.08. The van der Waals surface area contributed by atoms with Gasteiger partial charge in [0.25, 0.3) is 0 Å². The quantitative estimate of drug-likeness (QED) is 0.837. The Morgan fingerprint density at radius 1 is 1.11 bits per heavy atom. The molecule has 0 aromatic heterocycles. The number of anilines is 1. The Hall–Kier alpha value is -1.51. The van der Waals surface area contributed by atoms with Gasteiger partial charge < -0.3 is 10.5 Å². The van der Waals surface area contributed by atoms with Crippen LogP contribution in [-0.2, 0) is 11.3 Å². The van der Waals surface area contributed by atoms with Crippen molar-refractivity contribution < 1.29 is 4.74 Å². The number of hydrogen-bond acceptors (Lipinski definition) is 2. The van der Waals surface area contributed by atoms with Gasteiger partial charge in [-0.1, -0.05) is 41.9 Å². The van der Waals surface area contributed by atoms with E-state index in [2.05, 4.69) is 0 Å². The first-order valence-electron chi connectivity index (χ1n) is 5.87. The number of nitrogen functional groups attached to an aromatic ring is 1. The topological polar surface area (TPSA) is 35.2 Å². The van der Waals surface area contributed by atoms with E-state index >= 15 is 0 Å². The Bertz CT molecular complexity index is 510. The van der Waals surface area contributed by atoms with Crippen molar-refractivity contribution in [2.75, 3.05) is 5.73 Å². The van der Waals surface area contributed by atoms with Gasteiger partial charge in [0.1, 0.15) is 0 Å². The summed E-state index contributed by atoms with van der Waals surface area (Å²) < 4.78 is 5.81. The van der Waals surface area contributed by atoms with Crippen LogP contribution >= 0.6 is 11.6 Å². The highest BCUT2D eigenvalue weighted by Gasteiger charge is 2.07. The van der Waals surface area contributed by atoms with Gasteiger partial charge in [0.2, 0.25) is 0 Å². The van der Waals surface area contributed by atoms with Crippen LogP contribution in [0.2, 0.25) is 5.02 Å². The van der Waals surface area contributed by atoms with Gasteiger partial charge in [0.15, 0.2) is 0 Å². The molecule has 3 heteroatoms. The van der Waals surface area contributed by atoms with Gasteiger partial charge in [0, 0.05) is 10.7 Å². The van der Waals surface area contributed by atoms with E-state index in [-0.39, 0.29) is 6.10 Å². The van der Waals surface area contributed by atoms with Crippen LogP contribution in [-0.4, -0.2) is 0 Å². The molecule has 18 heavy (non-hydrogen) atoms. The second kappa shape index (κ2) is 5.89. The zero-order chi connectivity index (χ0) is 13.0. The van der Waals surface area contributed by atoms with E-state index in [0.717, 1.165) is 21.8 Å². The highest BCUT2D eigenvalue weighted by molar-refractivity contribution is 6.31. The predicted octanol–water partition coefficient (Wildman–Crippen LogP) is 4.20. The van der Waals surface area contributed by atoms with E-state index in [1.54, 1.807) is 0 Å². The summed E-state index contributed by atoms with van der Waals surface area (Å²) in [4.78, 5) is 0. The van der Waals surface area contributed by atoms with Crippen LogP contribution in [0.5, 0.6) is 0 Å². The van der Waals surface area contributed by atoms with E-state index in [1.807, 2.05) is 55.5 Å². The molecule has 2 aromatic rings. The monoisotopic (exact) mass is 261 g/mol. The summed E-state index contributed by atoms with van der Waals surface area (Å²) in [6, 6.07) is 15.4. The summed E-state index contributed by atoms with van der Waals surface area (Å²) in [7, 11) is 0. The smallest absolute Gasteiger partial charge is 0.0801 e. The number of halogens is 1. The summed E-state index contributed by atoms with van der Waals surface area (Å²) >= 11 is 6.08. The Morgan fingerprint density at radius 3 is 2.44 bits per heavy atom. The third kappa shape index (κ3) is 3.25. The van der Waals surface area contributed by atoms with Crippen molar-refractivity contribution in [1.82, 2.24) is 0 Å². The van der Waals surface area contributed by atoms with E-state index in [1.165, 1.54) is 0 Å². The molecule has 0 bridgehead atoms. The lowest BCUT2D eigenvalue weighted by molar-refractivity contribution is 0.0526. The Kier molecular flexibility index (Phi) is 4.24. The van der Waals surface area contributed by atoms with Crippen molar-refractivity contribution in [3.63, 3.8) is 0 Å². The van der Waals surface area contributed by atoms with Gasteiger partial charge in [0.05, 0.1) is 12.7 Å². The Morgan fingerprint density at radius 2 is 1.78 bits per heavy atom. The molecule has 0 saturated heterocycles. The third-order valence-corrected chi connectivity index (χ3v) is 3.22. The molecule has 0 aliphatic heterocycles. The first kappa shape index (κ1) is 12.9. The van der Waals surface area contributed by atoms with Gasteiger partial charge in [-0.25, -0.2) is 0 Å². The SMILES string of the molecule is CC(OCc1ccccc1Cl)c1ccc(N)cc1. The average molecular weight is 262 g/mol. The van der Waals surface area contributed by atoms with Crippen molar-refractivity contribution in [2.45, 2.75) is 19.6 Å². The van der Waals surface area contributed by atoms with Crippen LogP contribution < -0.4 is 5.73 Å². The van der Waals surface area contributed by atoms with E-state index in [0.29, 0.717) is 6.61 Å². The van der Waals surface area contributed by atoms with Crippen LogP contribution in [0, 0.1) is 0 Å². The largest absolute Gasteiger partial charge is 0.399 e. The minimum Gasteiger partial charge on any atom is -0.399 e. The molecule has 0 fully saturated rings. The average Bonchev–Trinajstić information content (AvgIpc) is 2.38. The van der Waals surface area contributed by atoms with Crippen LogP contribution in [0.4, 0.5) is 5.69 Å². The third-order valence-electron chi connectivity index (χ3n) is 2.85. The highest BCUT2D eigenvalue weighted by atomic mass is 35.5. The first-order chi connectivity index (χ1) is 8.66. The maximum Gasteiger partial charge on any atom is 0.0801 e. The summed E-state index contributed by atoms with van der Waals surface area (Å²) in [5, 5.41) is 0.738. The lowest BCUT2D eigenvalue weighted by Gasteiger charge is -2.14. The van der Waals surface area contributed by atoms with Crippen LogP contribution in [0.15, 0.2) is 48.5 Å². The zero-order valence-corrected chi connectivity index (χ0v) is 11.0. The molecule has 2 nitrogen and oxygen atoms in total. The number of rotatable bonds is 4. The van der Waals surface area contributed by atoms with E-state index in [9.17, 15) is 0 Å². The van der Waals surface area contributed by atoms with E-state index in [4.69, 9.17) is 22.1 Å². The molecular weight excluding hydrogens is 246 g/mol. The molecule has 0 amide bonds. The molecule has 0 radical (unpaired) electrons. The van der Waals surface area contributed by atoms with Crippen LogP contribution in [0.25, 0.3) is 0 Å². The normalized spacial score (nSPS) is 12.3. The molecular formula is C15H16ClNO. The van der Waals surface area contributed by atoms with Gasteiger partial charge in [-0.2, -0.15) is 0 Å². The molecule has 0 saturated carbocycles. The molecule has 0 aliphatic carbocycles. The lowest BCUT2D eigenvalue weighted by atomic mass is 10.1. The molecule has 1 unspecified atom stereocenters.